The second-order valence-corrected chi connectivity index (χ2v) is 5.86. The average molecular weight is 266 g/mol. The summed E-state index contributed by atoms with van der Waals surface area (Å²) in [7, 11) is 0. The number of hydrogen-bond acceptors (Lipinski definition) is 2. The van der Waals surface area contributed by atoms with Gasteiger partial charge in [-0.1, -0.05) is 23.7 Å². The van der Waals surface area contributed by atoms with Crippen LogP contribution in [-0.2, 0) is 0 Å². The van der Waals surface area contributed by atoms with Gasteiger partial charge in [-0.25, -0.2) is 0 Å². The Morgan fingerprint density at radius 3 is 2.89 bits per heavy atom. The first kappa shape index (κ1) is 12.3. The maximum Gasteiger partial charge on any atom is 0.141 e. The summed E-state index contributed by atoms with van der Waals surface area (Å²) in [4.78, 5) is 0. The predicted octanol–water partition coefficient (Wildman–Crippen LogP) is 3.60. The van der Waals surface area contributed by atoms with E-state index in [4.69, 9.17) is 16.3 Å². The van der Waals surface area contributed by atoms with Crippen LogP contribution in [0, 0.1) is 5.92 Å². The van der Waals surface area contributed by atoms with Crippen LogP contribution in [0.4, 0.5) is 0 Å². The van der Waals surface area contributed by atoms with E-state index in [2.05, 4.69) is 11.4 Å². The standard InChI is InChI=1S/C15H20ClNO/c16-14-5-1-4-13(12-3-2-8-17-9-12)15(14)18-10-11-6-7-11/h1,4-5,11-12,17H,2-3,6-10H2. The molecule has 1 heterocycles. The molecule has 1 aromatic rings. The maximum absolute atomic E-state index is 6.31. The van der Waals surface area contributed by atoms with Gasteiger partial charge in [-0.15, -0.1) is 0 Å². The Kier molecular flexibility index (Phi) is 3.76. The molecular formula is C15H20ClNO. The molecule has 0 radical (unpaired) electrons. The third-order valence-electron chi connectivity index (χ3n) is 3.89. The number of piperidine rings is 1. The predicted molar refractivity (Wildman–Crippen MR) is 74.5 cm³/mol. The van der Waals surface area contributed by atoms with Gasteiger partial charge in [-0.2, -0.15) is 0 Å². The molecule has 1 unspecified atom stereocenters. The smallest absolute Gasteiger partial charge is 0.141 e. The third kappa shape index (κ3) is 2.81. The van der Waals surface area contributed by atoms with Crippen molar-refractivity contribution in [1.29, 1.82) is 0 Å². The van der Waals surface area contributed by atoms with E-state index >= 15 is 0 Å². The fourth-order valence-corrected chi connectivity index (χ4v) is 2.84. The largest absolute Gasteiger partial charge is 0.491 e. The Hall–Kier alpha value is -0.730. The van der Waals surface area contributed by atoms with E-state index in [0.717, 1.165) is 36.4 Å². The molecule has 1 aromatic carbocycles. The molecule has 18 heavy (non-hydrogen) atoms. The zero-order valence-electron chi connectivity index (χ0n) is 10.6. The Balaban J connectivity index is 1.79. The topological polar surface area (TPSA) is 21.3 Å². The van der Waals surface area contributed by atoms with Gasteiger partial charge in [0, 0.05) is 18.0 Å². The van der Waals surface area contributed by atoms with Crippen LogP contribution in [0.3, 0.4) is 0 Å². The number of ether oxygens (including phenoxy) is 1. The normalized spacial score (nSPS) is 23.9. The highest BCUT2D eigenvalue weighted by Crippen LogP contribution is 2.38. The molecule has 1 saturated carbocycles. The van der Waals surface area contributed by atoms with Gasteiger partial charge in [-0.3, -0.25) is 0 Å². The van der Waals surface area contributed by atoms with Crippen LogP contribution in [0.2, 0.25) is 5.02 Å². The Labute approximate surface area is 114 Å². The molecule has 1 aliphatic carbocycles. The third-order valence-corrected chi connectivity index (χ3v) is 4.19. The Bertz CT molecular complexity index is 411. The minimum absolute atomic E-state index is 0.548. The van der Waals surface area contributed by atoms with Gasteiger partial charge in [0.05, 0.1) is 11.6 Å². The summed E-state index contributed by atoms with van der Waals surface area (Å²) in [5.74, 6) is 2.24. The quantitative estimate of drug-likeness (QED) is 0.898. The molecule has 0 spiro atoms. The highest BCUT2D eigenvalue weighted by atomic mass is 35.5. The lowest BCUT2D eigenvalue weighted by Crippen LogP contribution is -2.28. The number of hydrogen-bond donors (Lipinski definition) is 1. The summed E-state index contributed by atoms with van der Waals surface area (Å²) in [6.07, 6.45) is 5.09. The van der Waals surface area contributed by atoms with E-state index in [1.165, 1.54) is 31.2 Å². The zero-order valence-corrected chi connectivity index (χ0v) is 11.4. The molecule has 3 rings (SSSR count). The number of rotatable bonds is 4. The highest BCUT2D eigenvalue weighted by molar-refractivity contribution is 6.32. The van der Waals surface area contributed by atoms with E-state index in [0.29, 0.717) is 5.92 Å². The Morgan fingerprint density at radius 2 is 2.17 bits per heavy atom. The fourth-order valence-electron chi connectivity index (χ4n) is 2.60. The number of halogens is 1. The molecule has 1 saturated heterocycles. The summed E-state index contributed by atoms with van der Waals surface area (Å²) >= 11 is 6.31. The van der Waals surface area contributed by atoms with Crippen molar-refractivity contribution in [2.75, 3.05) is 19.7 Å². The van der Waals surface area contributed by atoms with E-state index in [-0.39, 0.29) is 0 Å². The molecule has 1 N–H and O–H groups in total. The van der Waals surface area contributed by atoms with Crippen LogP contribution in [0.5, 0.6) is 5.75 Å². The molecule has 0 bridgehead atoms. The fraction of sp³-hybridized carbons (Fsp3) is 0.600. The summed E-state index contributed by atoms with van der Waals surface area (Å²) in [6.45, 7) is 3.01. The molecule has 2 aliphatic rings. The summed E-state index contributed by atoms with van der Waals surface area (Å²) in [5.41, 5.74) is 1.29. The molecule has 1 aliphatic heterocycles. The van der Waals surface area contributed by atoms with Crippen molar-refractivity contribution in [3.05, 3.63) is 28.8 Å². The maximum atomic E-state index is 6.31. The van der Waals surface area contributed by atoms with Gasteiger partial charge in [0.25, 0.3) is 0 Å². The summed E-state index contributed by atoms with van der Waals surface area (Å²) in [6, 6.07) is 6.14. The van der Waals surface area contributed by atoms with Crippen LogP contribution < -0.4 is 10.1 Å². The monoisotopic (exact) mass is 265 g/mol. The lowest BCUT2D eigenvalue weighted by Gasteiger charge is -2.25. The number of nitrogens with one attached hydrogen (secondary N) is 1. The SMILES string of the molecule is Clc1cccc(C2CCCNC2)c1OCC1CC1. The van der Waals surface area contributed by atoms with Gasteiger partial charge in [0.2, 0.25) is 0 Å². The van der Waals surface area contributed by atoms with Crippen LogP contribution in [0.15, 0.2) is 18.2 Å². The van der Waals surface area contributed by atoms with E-state index in [9.17, 15) is 0 Å². The van der Waals surface area contributed by atoms with E-state index in [1.54, 1.807) is 0 Å². The molecule has 1 atom stereocenters. The van der Waals surface area contributed by atoms with Crippen LogP contribution in [0.1, 0.15) is 37.2 Å². The first-order chi connectivity index (χ1) is 8.84. The van der Waals surface area contributed by atoms with Gasteiger partial charge >= 0.3 is 0 Å². The van der Waals surface area contributed by atoms with Crippen molar-refractivity contribution in [2.24, 2.45) is 5.92 Å². The van der Waals surface area contributed by atoms with Gasteiger partial charge in [-0.05, 0) is 44.2 Å². The van der Waals surface area contributed by atoms with Gasteiger partial charge in [0.15, 0.2) is 0 Å². The number of benzene rings is 1. The van der Waals surface area contributed by atoms with Crippen molar-refractivity contribution in [2.45, 2.75) is 31.6 Å². The summed E-state index contributed by atoms with van der Waals surface area (Å²) in [5, 5.41) is 4.22. The van der Waals surface area contributed by atoms with Crippen molar-refractivity contribution < 1.29 is 4.74 Å². The number of para-hydroxylation sites is 1. The lowest BCUT2D eigenvalue weighted by molar-refractivity contribution is 0.293. The minimum atomic E-state index is 0.548. The van der Waals surface area contributed by atoms with Crippen molar-refractivity contribution >= 4 is 11.6 Å². The zero-order chi connectivity index (χ0) is 12.4. The van der Waals surface area contributed by atoms with Gasteiger partial charge < -0.3 is 10.1 Å². The lowest BCUT2D eigenvalue weighted by atomic mass is 9.91. The van der Waals surface area contributed by atoms with Crippen LogP contribution in [-0.4, -0.2) is 19.7 Å². The summed E-state index contributed by atoms with van der Waals surface area (Å²) < 4.78 is 5.99. The molecule has 2 nitrogen and oxygen atoms in total. The average Bonchev–Trinajstić information content (AvgIpc) is 3.22. The first-order valence-corrected chi connectivity index (χ1v) is 7.34. The van der Waals surface area contributed by atoms with Crippen molar-refractivity contribution in [3.8, 4) is 5.75 Å². The molecule has 0 amide bonds. The first-order valence-electron chi connectivity index (χ1n) is 6.96. The highest BCUT2D eigenvalue weighted by Gasteiger charge is 2.25. The Morgan fingerprint density at radius 1 is 1.28 bits per heavy atom. The van der Waals surface area contributed by atoms with E-state index in [1.807, 2.05) is 12.1 Å². The molecule has 3 heteroatoms. The second-order valence-electron chi connectivity index (χ2n) is 5.46. The van der Waals surface area contributed by atoms with Crippen molar-refractivity contribution in [3.63, 3.8) is 0 Å². The van der Waals surface area contributed by atoms with Crippen LogP contribution >= 0.6 is 11.6 Å². The van der Waals surface area contributed by atoms with Crippen molar-refractivity contribution in [1.82, 2.24) is 5.32 Å². The molecular weight excluding hydrogens is 246 g/mol. The molecule has 98 valence electrons. The van der Waals surface area contributed by atoms with E-state index < -0.39 is 0 Å². The van der Waals surface area contributed by atoms with Crippen LogP contribution in [0.25, 0.3) is 0 Å². The second kappa shape index (κ2) is 5.50. The molecule has 2 fully saturated rings. The minimum Gasteiger partial charge on any atom is -0.491 e. The molecule has 0 aromatic heterocycles. The van der Waals surface area contributed by atoms with Gasteiger partial charge in [0.1, 0.15) is 5.75 Å².